The number of halogens is 1. The molecule has 0 saturated heterocycles. The molecule has 2 heterocycles. The number of hydrogen-bond donors (Lipinski definition) is 0. The molecule has 0 spiro atoms. The van der Waals surface area contributed by atoms with E-state index in [0.717, 1.165) is 36.0 Å². The van der Waals surface area contributed by atoms with E-state index < -0.39 is 0 Å². The van der Waals surface area contributed by atoms with E-state index in [1.54, 1.807) is 7.11 Å². The van der Waals surface area contributed by atoms with Crippen molar-refractivity contribution in [3.8, 4) is 11.5 Å². The Bertz CT molecular complexity index is 1030. The van der Waals surface area contributed by atoms with Crippen LogP contribution in [0, 0.1) is 0 Å². The van der Waals surface area contributed by atoms with Crippen molar-refractivity contribution < 1.29 is 9.47 Å². The molecule has 2 aromatic rings. The monoisotopic (exact) mass is 453 g/mol. The Balaban J connectivity index is 0.00000245. The van der Waals surface area contributed by atoms with Gasteiger partial charge in [0.15, 0.2) is 11.5 Å². The van der Waals surface area contributed by atoms with Crippen molar-refractivity contribution in [3.05, 3.63) is 58.1 Å². The van der Waals surface area contributed by atoms with Crippen LogP contribution in [0.15, 0.2) is 35.3 Å². The maximum absolute atomic E-state index is 6.34. The van der Waals surface area contributed by atoms with Crippen molar-refractivity contribution >= 4 is 18.1 Å². The van der Waals surface area contributed by atoms with Gasteiger partial charge in [-0.25, -0.2) is 0 Å². The van der Waals surface area contributed by atoms with Crippen LogP contribution >= 0.6 is 12.4 Å². The van der Waals surface area contributed by atoms with E-state index >= 15 is 0 Å². The molecular weight excluding hydrogens is 418 g/mol. The summed E-state index contributed by atoms with van der Waals surface area (Å²) in [6.07, 6.45) is 8.57. The average molecular weight is 454 g/mol. The molecule has 1 aliphatic carbocycles. The average Bonchev–Trinajstić information content (AvgIpc) is 3.07. The van der Waals surface area contributed by atoms with E-state index in [1.807, 2.05) is 0 Å². The smallest absolute Gasteiger partial charge is 0.166 e. The maximum Gasteiger partial charge on any atom is 0.166 e. The van der Waals surface area contributed by atoms with Crippen LogP contribution in [-0.4, -0.2) is 24.0 Å². The van der Waals surface area contributed by atoms with Crippen molar-refractivity contribution in [2.45, 2.75) is 89.7 Å². The SMILES string of the molecule is COc1cc2c(c3c1OC(C)(C)C3)C(c1ccc(C3CCCCC3)cc1)=NC(C)(C)C2.Cl. The molecule has 3 nitrogen and oxygen atoms in total. The third-order valence-corrected chi connectivity index (χ3v) is 7.16. The van der Waals surface area contributed by atoms with Gasteiger partial charge in [0.2, 0.25) is 0 Å². The lowest BCUT2D eigenvalue weighted by Crippen LogP contribution is -2.30. The number of nitrogens with zero attached hydrogens (tertiary/aromatic N) is 1. The highest BCUT2D eigenvalue weighted by Crippen LogP contribution is 2.48. The maximum atomic E-state index is 6.34. The first-order valence-corrected chi connectivity index (χ1v) is 11.9. The van der Waals surface area contributed by atoms with Crippen molar-refractivity contribution in [1.82, 2.24) is 0 Å². The molecule has 3 aliphatic rings. The summed E-state index contributed by atoms with van der Waals surface area (Å²) in [4.78, 5) is 5.27. The molecule has 0 aromatic heterocycles. The lowest BCUT2D eigenvalue weighted by atomic mass is 9.80. The summed E-state index contributed by atoms with van der Waals surface area (Å²) < 4.78 is 12.1. The molecule has 32 heavy (non-hydrogen) atoms. The van der Waals surface area contributed by atoms with Crippen LogP contribution in [0.1, 0.15) is 93.5 Å². The normalized spacial score (nSPS) is 21.0. The van der Waals surface area contributed by atoms with Crippen molar-refractivity contribution in [2.75, 3.05) is 7.11 Å². The second kappa shape index (κ2) is 8.41. The van der Waals surface area contributed by atoms with E-state index in [-0.39, 0.29) is 23.5 Å². The molecule has 1 fully saturated rings. The summed E-state index contributed by atoms with van der Waals surface area (Å²) in [5.74, 6) is 2.48. The summed E-state index contributed by atoms with van der Waals surface area (Å²) in [5, 5.41) is 0. The van der Waals surface area contributed by atoms with Gasteiger partial charge in [-0.05, 0) is 70.1 Å². The van der Waals surface area contributed by atoms with Gasteiger partial charge in [-0.2, -0.15) is 0 Å². The zero-order valence-electron chi connectivity index (χ0n) is 20.1. The predicted molar refractivity (Wildman–Crippen MR) is 134 cm³/mol. The molecule has 0 N–H and O–H groups in total. The Kier molecular flexibility index (Phi) is 6.09. The number of benzene rings is 2. The fraction of sp³-hybridized carbons (Fsp3) is 0.536. The Labute approximate surface area is 199 Å². The van der Waals surface area contributed by atoms with Crippen molar-refractivity contribution in [1.29, 1.82) is 0 Å². The van der Waals surface area contributed by atoms with Gasteiger partial charge in [0.25, 0.3) is 0 Å². The Morgan fingerprint density at radius 3 is 2.31 bits per heavy atom. The zero-order valence-corrected chi connectivity index (χ0v) is 20.9. The fourth-order valence-corrected chi connectivity index (χ4v) is 5.78. The molecule has 4 heteroatoms. The minimum Gasteiger partial charge on any atom is -0.493 e. The second-order valence-electron chi connectivity index (χ2n) is 10.9. The fourth-order valence-electron chi connectivity index (χ4n) is 5.78. The van der Waals surface area contributed by atoms with Gasteiger partial charge in [-0.1, -0.05) is 43.5 Å². The van der Waals surface area contributed by atoms with Crippen molar-refractivity contribution in [3.63, 3.8) is 0 Å². The number of fused-ring (bicyclic) bond motifs is 3. The first-order chi connectivity index (χ1) is 14.8. The second-order valence-corrected chi connectivity index (χ2v) is 10.9. The highest BCUT2D eigenvalue weighted by Gasteiger charge is 2.39. The van der Waals surface area contributed by atoms with Crippen molar-refractivity contribution in [2.24, 2.45) is 4.99 Å². The van der Waals surface area contributed by atoms with E-state index in [0.29, 0.717) is 0 Å². The first kappa shape index (κ1) is 23.2. The number of rotatable bonds is 3. The lowest BCUT2D eigenvalue weighted by molar-refractivity contribution is 0.134. The lowest BCUT2D eigenvalue weighted by Gasteiger charge is -2.31. The van der Waals surface area contributed by atoms with Gasteiger partial charge < -0.3 is 9.47 Å². The number of hydrogen-bond acceptors (Lipinski definition) is 3. The molecule has 0 amide bonds. The highest BCUT2D eigenvalue weighted by atomic mass is 35.5. The van der Waals surface area contributed by atoms with Crippen LogP contribution in [-0.2, 0) is 12.8 Å². The largest absolute Gasteiger partial charge is 0.493 e. The zero-order chi connectivity index (χ0) is 21.8. The number of ether oxygens (including phenoxy) is 2. The van der Waals surface area contributed by atoms with E-state index in [4.69, 9.17) is 14.5 Å². The third-order valence-electron chi connectivity index (χ3n) is 7.16. The van der Waals surface area contributed by atoms with Crippen LogP contribution in [0.2, 0.25) is 0 Å². The first-order valence-electron chi connectivity index (χ1n) is 11.9. The Hall–Kier alpha value is -2.00. The molecule has 0 bridgehead atoms. The van der Waals surface area contributed by atoms with Crippen LogP contribution in [0.25, 0.3) is 0 Å². The molecule has 0 unspecified atom stereocenters. The predicted octanol–water partition coefficient (Wildman–Crippen LogP) is 7.05. The summed E-state index contributed by atoms with van der Waals surface area (Å²) in [5.41, 5.74) is 7.29. The minimum atomic E-state index is -0.229. The highest BCUT2D eigenvalue weighted by molar-refractivity contribution is 6.16. The van der Waals surface area contributed by atoms with Gasteiger partial charge in [0.05, 0.1) is 18.4 Å². The number of methoxy groups -OCH3 is 1. The third kappa shape index (κ3) is 4.17. The van der Waals surface area contributed by atoms with Crippen LogP contribution < -0.4 is 9.47 Å². The van der Waals surface area contributed by atoms with E-state index in [1.165, 1.54) is 59.9 Å². The van der Waals surface area contributed by atoms with Gasteiger partial charge in [-0.3, -0.25) is 4.99 Å². The molecular formula is C28H36ClNO2. The molecule has 0 atom stereocenters. The van der Waals surface area contributed by atoms with Crippen LogP contribution in [0.3, 0.4) is 0 Å². The Morgan fingerprint density at radius 2 is 1.66 bits per heavy atom. The van der Waals surface area contributed by atoms with Gasteiger partial charge in [-0.15, -0.1) is 12.4 Å². The molecule has 2 aromatic carbocycles. The topological polar surface area (TPSA) is 30.8 Å². The van der Waals surface area contributed by atoms with Gasteiger partial charge >= 0.3 is 0 Å². The van der Waals surface area contributed by atoms with E-state index in [9.17, 15) is 0 Å². The van der Waals surface area contributed by atoms with Crippen LogP contribution in [0.4, 0.5) is 0 Å². The summed E-state index contributed by atoms with van der Waals surface area (Å²) in [7, 11) is 1.74. The molecule has 5 rings (SSSR count). The van der Waals surface area contributed by atoms with Gasteiger partial charge in [0, 0.05) is 23.1 Å². The molecule has 0 radical (unpaired) electrons. The summed E-state index contributed by atoms with van der Waals surface area (Å²) >= 11 is 0. The molecule has 1 saturated carbocycles. The summed E-state index contributed by atoms with van der Waals surface area (Å²) in [6.45, 7) is 8.77. The minimum absolute atomic E-state index is 0. The molecule has 172 valence electrons. The standard InChI is InChI=1S/C28H35NO2.ClH/c1-27(2)16-21-15-23(30-5)26-22(17-28(3,4)31-26)24(21)25(29-27)20-13-11-19(12-14-20)18-9-7-6-8-10-18;/h11-15,18H,6-10,16-17H2,1-5H3;1H. The van der Waals surface area contributed by atoms with E-state index in [2.05, 4.69) is 58.0 Å². The quantitative estimate of drug-likeness (QED) is 0.498. The molecule has 2 aliphatic heterocycles. The van der Waals surface area contributed by atoms with Gasteiger partial charge in [0.1, 0.15) is 5.60 Å². The summed E-state index contributed by atoms with van der Waals surface area (Å²) in [6, 6.07) is 11.5. The van der Waals surface area contributed by atoms with Crippen LogP contribution in [0.5, 0.6) is 11.5 Å². The number of aliphatic imine (C=N–C) groups is 1. The Morgan fingerprint density at radius 1 is 0.969 bits per heavy atom.